The average Bonchev–Trinajstić information content (AvgIpc) is 2.58. The lowest BCUT2D eigenvalue weighted by Gasteiger charge is -2.34. The van der Waals surface area contributed by atoms with Gasteiger partial charge in [-0.1, -0.05) is 6.92 Å². The van der Waals surface area contributed by atoms with Crippen LogP contribution in [0.4, 0.5) is 0 Å². The van der Waals surface area contributed by atoms with Crippen molar-refractivity contribution in [2.75, 3.05) is 24.6 Å². The molecule has 0 aromatic carbocycles. The van der Waals surface area contributed by atoms with Gasteiger partial charge >= 0.3 is 0 Å². The number of hydrogen-bond donors (Lipinski definition) is 0. The number of rotatable bonds is 1. The normalized spacial score (nSPS) is 34.2. The molecule has 2 fully saturated rings. The van der Waals surface area contributed by atoms with Crippen LogP contribution in [0.5, 0.6) is 0 Å². The zero-order valence-electron chi connectivity index (χ0n) is 7.96. The molecular formula is C10H19NS. The Morgan fingerprint density at radius 1 is 1.17 bits per heavy atom. The molecule has 0 amide bonds. The van der Waals surface area contributed by atoms with Crippen molar-refractivity contribution in [3.8, 4) is 0 Å². The Balaban J connectivity index is 1.80. The van der Waals surface area contributed by atoms with Crippen LogP contribution in [0.2, 0.25) is 0 Å². The van der Waals surface area contributed by atoms with E-state index in [0.29, 0.717) is 0 Å². The monoisotopic (exact) mass is 185 g/mol. The molecule has 0 N–H and O–H groups in total. The fraction of sp³-hybridized carbons (Fsp3) is 1.00. The molecule has 0 aliphatic carbocycles. The Labute approximate surface area is 79.9 Å². The van der Waals surface area contributed by atoms with E-state index in [1.54, 1.807) is 0 Å². The summed E-state index contributed by atoms with van der Waals surface area (Å²) in [6, 6.07) is 0.933. The van der Waals surface area contributed by atoms with Gasteiger partial charge in [-0.15, -0.1) is 0 Å². The van der Waals surface area contributed by atoms with E-state index in [1.165, 1.54) is 43.9 Å². The van der Waals surface area contributed by atoms with Crippen molar-refractivity contribution in [2.45, 2.75) is 32.2 Å². The highest BCUT2D eigenvalue weighted by atomic mass is 32.2. The van der Waals surface area contributed by atoms with Gasteiger partial charge in [-0.3, -0.25) is 4.90 Å². The summed E-state index contributed by atoms with van der Waals surface area (Å²) in [6.07, 6.45) is 4.31. The van der Waals surface area contributed by atoms with Gasteiger partial charge < -0.3 is 0 Å². The predicted octanol–water partition coefficient (Wildman–Crippen LogP) is 2.22. The molecule has 2 aliphatic heterocycles. The average molecular weight is 185 g/mol. The Morgan fingerprint density at radius 3 is 2.50 bits per heavy atom. The van der Waals surface area contributed by atoms with Crippen molar-refractivity contribution in [3.05, 3.63) is 0 Å². The molecule has 0 radical (unpaired) electrons. The van der Waals surface area contributed by atoms with Crippen LogP contribution in [-0.2, 0) is 0 Å². The summed E-state index contributed by atoms with van der Waals surface area (Å²) >= 11 is 2.13. The smallest absolute Gasteiger partial charge is 0.0194 e. The molecule has 2 heterocycles. The molecule has 2 rings (SSSR count). The van der Waals surface area contributed by atoms with E-state index in [-0.39, 0.29) is 0 Å². The van der Waals surface area contributed by atoms with E-state index in [1.807, 2.05) is 0 Å². The topological polar surface area (TPSA) is 3.24 Å². The van der Waals surface area contributed by atoms with Gasteiger partial charge in [-0.2, -0.15) is 11.8 Å². The number of likely N-dealkylation sites (tertiary alicyclic amines) is 1. The highest BCUT2D eigenvalue weighted by Crippen LogP contribution is 2.26. The van der Waals surface area contributed by atoms with Gasteiger partial charge in [0.2, 0.25) is 0 Å². The zero-order valence-corrected chi connectivity index (χ0v) is 8.78. The van der Waals surface area contributed by atoms with Crippen molar-refractivity contribution in [2.24, 2.45) is 5.92 Å². The Morgan fingerprint density at radius 2 is 1.92 bits per heavy atom. The quantitative estimate of drug-likeness (QED) is 0.616. The maximum Gasteiger partial charge on any atom is 0.0194 e. The molecule has 1 unspecified atom stereocenters. The van der Waals surface area contributed by atoms with Crippen LogP contribution in [0.1, 0.15) is 26.2 Å². The molecule has 2 saturated heterocycles. The maximum atomic E-state index is 2.72. The SMILES string of the molecule is CC1CCN(C2CCSC2)CC1. The molecular weight excluding hydrogens is 166 g/mol. The number of piperidine rings is 1. The summed E-state index contributed by atoms with van der Waals surface area (Å²) in [5.41, 5.74) is 0. The van der Waals surface area contributed by atoms with Gasteiger partial charge in [0.1, 0.15) is 0 Å². The molecule has 0 bridgehead atoms. The van der Waals surface area contributed by atoms with Gasteiger partial charge in [0.25, 0.3) is 0 Å². The van der Waals surface area contributed by atoms with Crippen molar-refractivity contribution in [1.29, 1.82) is 0 Å². The standard InChI is InChI=1S/C10H19NS/c1-9-2-5-11(6-3-9)10-4-7-12-8-10/h9-10H,2-8H2,1H3. The largest absolute Gasteiger partial charge is 0.300 e. The van der Waals surface area contributed by atoms with E-state index in [9.17, 15) is 0 Å². The molecule has 1 nitrogen and oxygen atoms in total. The molecule has 2 aliphatic rings. The minimum absolute atomic E-state index is 0.933. The second-order valence-corrected chi connectivity index (χ2v) is 5.39. The van der Waals surface area contributed by atoms with Crippen molar-refractivity contribution < 1.29 is 0 Å². The highest BCUT2D eigenvalue weighted by Gasteiger charge is 2.25. The van der Waals surface area contributed by atoms with E-state index < -0.39 is 0 Å². The molecule has 1 atom stereocenters. The number of nitrogens with zero attached hydrogens (tertiary/aromatic N) is 1. The summed E-state index contributed by atoms with van der Waals surface area (Å²) in [5, 5.41) is 0. The summed E-state index contributed by atoms with van der Waals surface area (Å²) in [4.78, 5) is 2.72. The van der Waals surface area contributed by atoms with E-state index in [2.05, 4.69) is 23.6 Å². The first-order valence-electron chi connectivity index (χ1n) is 5.18. The molecule has 0 saturated carbocycles. The first kappa shape index (κ1) is 8.89. The van der Waals surface area contributed by atoms with Crippen LogP contribution in [0.3, 0.4) is 0 Å². The first-order chi connectivity index (χ1) is 5.86. The second kappa shape index (κ2) is 4.01. The summed E-state index contributed by atoms with van der Waals surface area (Å²) in [5.74, 6) is 3.78. The van der Waals surface area contributed by atoms with Gasteiger partial charge in [0.05, 0.1) is 0 Å². The number of hydrogen-bond acceptors (Lipinski definition) is 2. The predicted molar refractivity (Wildman–Crippen MR) is 55.7 cm³/mol. The van der Waals surface area contributed by atoms with Crippen LogP contribution in [0.15, 0.2) is 0 Å². The Bertz CT molecular complexity index is 135. The maximum absolute atomic E-state index is 2.72. The van der Waals surface area contributed by atoms with E-state index >= 15 is 0 Å². The van der Waals surface area contributed by atoms with Crippen LogP contribution in [0, 0.1) is 5.92 Å². The van der Waals surface area contributed by atoms with E-state index in [0.717, 1.165) is 12.0 Å². The van der Waals surface area contributed by atoms with Gasteiger partial charge in [-0.05, 0) is 44.0 Å². The van der Waals surface area contributed by atoms with Crippen molar-refractivity contribution in [1.82, 2.24) is 4.90 Å². The minimum atomic E-state index is 0.933. The summed E-state index contributed by atoms with van der Waals surface area (Å²) < 4.78 is 0. The third-order valence-corrected chi connectivity index (χ3v) is 4.39. The molecule has 12 heavy (non-hydrogen) atoms. The third kappa shape index (κ3) is 1.97. The first-order valence-corrected chi connectivity index (χ1v) is 6.33. The van der Waals surface area contributed by atoms with Gasteiger partial charge in [0.15, 0.2) is 0 Å². The lowest BCUT2D eigenvalue weighted by molar-refractivity contribution is 0.150. The van der Waals surface area contributed by atoms with Crippen LogP contribution in [0.25, 0.3) is 0 Å². The zero-order chi connectivity index (χ0) is 8.39. The van der Waals surface area contributed by atoms with Gasteiger partial charge in [-0.25, -0.2) is 0 Å². The van der Waals surface area contributed by atoms with Crippen LogP contribution in [-0.4, -0.2) is 35.5 Å². The van der Waals surface area contributed by atoms with Crippen LogP contribution >= 0.6 is 11.8 Å². The molecule has 70 valence electrons. The van der Waals surface area contributed by atoms with Crippen molar-refractivity contribution in [3.63, 3.8) is 0 Å². The molecule has 0 aromatic heterocycles. The van der Waals surface area contributed by atoms with E-state index in [4.69, 9.17) is 0 Å². The van der Waals surface area contributed by atoms with Crippen molar-refractivity contribution >= 4 is 11.8 Å². The number of thioether (sulfide) groups is 1. The lowest BCUT2D eigenvalue weighted by atomic mass is 9.98. The fourth-order valence-corrected chi connectivity index (χ4v) is 3.46. The third-order valence-electron chi connectivity index (χ3n) is 3.24. The molecule has 0 spiro atoms. The molecule has 2 heteroatoms. The Kier molecular flexibility index (Phi) is 2.97. The second-order valence-electron chi connectivity index (χ2n) is 4.24. The fourth-order valence-electron chi connectivity index (χ4n) is 2.20. The summed E-state index contributed by atoms with van der Waals surface area (Å²) in [7, 11) is 0. The van der Waals surface area contributed by atoms with Gasteiger partial charge in [0, 0.05) is 11.8 Å². The Hall–Kier alpha value is 0.310. The highest BCUT2D eigenvalue weighted by molar-refractivity contribution is 7.99. The van der Waals surface area contributed by atoms with Crippen LogP contribution < -0.4 is 0 Å². The lowest BCUT2D eigenvalue weighted by Crippen LogP contribution is -2.40. The summed E-state index contributed by atoms with van der Waals surface area (Å²) in [6.45, 7) is 5.12. The minimum Gasteiger partial charge on any atom is -0.300 e. The molecule has 0 aromatic rings.